The van der Waals surface area contributed by atoms with E-state index < -0.39 is 26.8 Å². The van der Waals surface area contributed by atoms with E-state index in [0.29, 0.717) is 0 Å². The lowest BCUT2D eigenvalue weighted by molar-refractivity contribution is -0.612. The number of halogens is 5. The van der Waals surface area contributed by atoms with E-state index in [-0.39, 0.29) is 0 Å². The summed E-state index contributed by atoms with van der Waals surface area (Å²) in [7, 11) is 0. The minimum absolute atomic E-state index is 1.20. The van der Waals surface area contributed by atoms with Crippen LogP contribution in [0.15, 0.2) is 0 Å². The number of aliphatic hydroxyl groups is 2. The predicted molar refractivity (Wildman–Crippen MR) is 55.9 cm³/mol. The summed E-state index contributed by atoms with van der Waals surface area (Å²) in [6.07, 6.45) is 0. The molecule has 96 valence electrons. The molecular weight excluding hydrogens is 335 g/mol. The maximum atomic E-state index is 10.5. The summed E-state index contributed by atoms with van der Waals surface area (Å²) in [6, 6.07) is 0. The van der Waals surface area contributed by atoms with Crippen molar-refractivity contribution in [3.63, 3.8) is 0 Å². The van der Waals surface area contributed by atoms with E-state index in [4.69, 9.17) is 63.6 Å². The van der Waals surface area contributed by atoms with Crippen molar-refractivity contribution in [2.75, 3.05) is 6.61 Å². The first kappa shape index (κ1) is 16.7. The number of hydrogen-bond donors (Lipinski definition) is 2. The first-order chi connectivity index (χ1) is 7.13. The molecule has 0 rings (SSSR count). The molecule has 16 heavy (non-hydrogen) atoms. The molecule has 2 N–H and O–H groups in total. The normalized spacial score (nSPS) is 22.9. The maximum absolute atomic E-state index is 10.5. The Kier molecular flexibility index (Phi) is 5.79. The highest BCUT2D eigenvalue weighted by molar-refractivity contribution is 6.40. The van der Waals surface area contributed by atoms with E-state index in [9.17, 15) is 15.2 Å². The molecule has 0 fully saturated rings. The highest BCUT2D eigenvalue weighted by atomic mass is 35.5. The molecular formula is C4H4Cl5NO6. The van der Waals surface area contributed by atoms with Gasteiger partial charge in [-0.3, -0.25) is 10.1 Å². The molecule has 0 aromatic heterocycles. The largest absolute Gasteiger partial charge is 0.451 e. The van der Waals surface area contributed by atoms with Crippen LogP contribution in [-0.2, 0) is 8.58 Å². The van der Waals surface area contributed by atoms with Crippen LogP contribution in [0.4, 0.5) is 0 Å². The van der Waals surface area contributed by atoms with Crippen molar-refractivity contribution in [1.82, 2.24) is 0 Å². The number of alkyl halides is 3. The van der Waals surface area contributed by atoms with Gasteiger partial charge >= 0.3 is 10.2 Å². The molecule has 0 heterocycles. The molecule has 0 saturated heterocycles. The van der Waals surface area contributed by atoms with E-state index in [0.717, 1.165) is 0 Å². The Morgan fingerprint density at radius 2 is 1.69 bits per heavy atom. The molecule has 0 saturated carbocycles. The van der Waals surface area contributed by atoms with Gasteiger partial charge in [0.15, 0.2) is 0 Å². The Balaban J connectivity index is 5.60. The van der Waals surface area contributed by atoms with Crippen LogP contribution >= 0.6 is 58.5 Å². The second-order valence-corrected chi connectivity index (χ2v) is 4.46. The Bertz CT molecular complexity index is 272. The van der Waals surface area contributed by atoms with E-state index >= 15 is 0 Å². The van der Waals surface area contributed by atoms with E-state index in [1.54, 1.807) is 0 Å². The molecule has 12 heteroatoms. The minimum Gasteiger partial charge on any atom is -0.392 e. The smallest absolute Gasteiger partial charge is 0.392 e. The summed E-state index contributed by atoms with van der Waals surface area (Å²) in [5.41, 5.74) is 0. The fraction of sp³-hybridized carbons (Fsp3) is 1.00. The Labute approximate surface area is 114 Å². The van der Waals surface area contributed by atoms with Crippen molar-refractivity contribution in [3.8, 4) is 0 Å². The molecule has 7 nitrogen and oxygen atoms in total. The number of aliphatic hydroxyl groups excluding tert-OH is 1. The van der Waals surface area contributed by atoms with Gasteiger partial charge in [-0.15, -0.1) is 0 Å². The zero-order valence-electron chi connectivity index (χ0n) is 7.07. The van der Waals surface area contributed by atoms with Crippen molar-refractivity contribution in [2.45, 2.75) is 15.3 Å². The van der Waals surface area contributed by atoms with Crippen LogP contribution in [0.25, 0.3) is 0 Å². The average Bonchev–Trinajstić information content (AvgIpc) is 2.26. The van der Waals surface area contributed by atoms with E-state index in [1.807, 2.05) is 0 Å². The predicted octanol–water partition coefficient (Wildman–Crippen LogP) is 1.35. The van der Waals surface area contributed by atoms with Gasteiger partial charge < -0.3 is 10.2 Å². The number of nitro groups is 1. The number of rotatable bonds is 6. The van der Waals surface area contributed by atoms with Crippen LogP contribution in [0.2, 0.25) is 0 Å². The van der Waals surface area contributed by atoms with Gasteiger partial charge in [-0.25, -0.2) is 8.58 Å². The van der Waals surface area contributed by atoms with Crippen LogP contribution in [0.5, 0.6) is 0 Å². The van der Waals surface area contributed by atoms with Gasteiger partial charge in [0.05, 0.1) is 35.3 Å². The molecule has 0 bridgehead atoms. The summed E-state index contributed by atoms with van der Waals surface area (Å²) >= 11 is 25.7. The summed E-state index contributed by atoms with van der Waals surface area (Å²) in [6.45, 7) is -1.20. The van der Waals surface area contributed by atoms with Gasteiger partial charge in [-0.05, 0) is 11.6 Å². The van der Waals surface area contributed by atoms with Gasteiger partial charge in [0.2, 0.25) is 5.06 Å². The molecule has 0 aliphatic rings. The lowest BCUT2D eigenvalue weighted by Crippen LogP contribution is -2.64. The molecule has 0 amide bonds. The highest BCUT2D eigenvalue weighted by Gasteiger charge is 2.73. The summed E-state index contributed by atoms with van der Waals surface area (Å²) in [5.74, 6) is 0. The zero-order chi connectivity index (χ0) is 13.2. The second kappa shape index (κ2) is 5.55. The van der Waals surface area contributed by atoms with E-state index in [1.165, 1.54) is 0 Å². The number of hydrogen-bond acceptors (Lipinski definition) is 6. The van der Waals surface area contributed by atoms with Crippen LogP contribution in [0, 0.1) is 10.1 Å². The van der Waals surface area contributed by atoms with Crippen LogP contribution in [0.1, 0.15) is 0 Å². The fourth-order valence-electron chi connectivity index (χ4n) is 0.637. The van der Waals surface area contributed by atoms with Gasteiger partial charge in [0.1, 0.15) is 0 Å². The van der Waals surface area contributed by atoms with Crippen LogP contribution < -0.4 is 0 Å². The monoisotopic (exact) mass is 337 g/mol. The standard InChI is InChI=1S/C4H4Cl5NO6/c5-2(1-11,15-8)3(6,16-9)4(7,12)10(13)14/h11-12H,1H2. The van der Waals surface area contributed by atoms with Gasteiger partial charge in [-0.1, -0.05) is 23.2 Å². The lowest BCUT2D eigenvalue weighted by atomic mass is 10.1. The highest BCUT2D eigenvalue weighted by Crippen LogP contribution is 2.48. The van der Waals surface area contributed by atoms with Gasteiger partial charge in [0.25, 0.3) is 0 Å². The van der Waals surface area contributed by atoms with Crippen molar-refractivity contribution < 1.29 is 23.7 Å². The topological polar surface area (TPSA) is 102 Å². The first-order valence-electron chi connectivity index (χ1n) is 3.27. The molecule has 0 aliphatic carbocycles. The Hall–Kier alpha value is 0.690. The minimum atomic E-state index is -3.50. The Morgan fingerprint density at radius 1 is 1.25 bits per heavy atom. The maximum Gasteiger partial charge on any atom is 0.451 e. The first-order valence-corrected chi connectivity index (χ1v) is 5.02. The van der Waals surface area contributed by atoms with Crippen molar-refractivity contribution >= 4 is 58.5 Å². The van der Waals surface area contributed by atoms with Crippen LogP contribution in [0.3, 0.4) is 0 Å². The molecule has 0 aromatic carbocycles. The van der Waals surface area contributed by atoms with Crippen molar-refractivity contribution in [2.24, 2.45) is 0 Å². The summed E-state index contributed by atoms with van der Waals surface area (Å²) in [4.78, 5) is 9.00. The van der Waals surface area contributed by atoms with Crippen LogP contribution in [-0.4, -0.2) is 37.0 Å². The molecule has 0 aromatic rings. The third kappa shape index (κ3) is 2.43. The molecule has 0 aliphatic heterocycles. The molecule has 0 spiro atoms. The van der Waals surface area contributed by atoms with Gasteiger partial charge in [0, 0.05) is 0 Å². The third-order valence-corrected chi connectivity index (χ3v) is 3.92. The SMILES string of the molecule is O=[N+]([O-])C(O)(Cl)C(Cl)(OCl)C(Cl)(CO)OCl. The van der Waals surface area contributed by atoms with Crippen molar-refractivity contribution in [3.05, 3.63) is 10.1 Å². The third-order valence-electron chi connectivity index (χ3n) is 1.56. The Morgan fingerprint density at radius 3 is 1.88 bits per heavy atom. The molecule has 0 radical (unpaired) electrons. The average molecular weight is 339 g/mol. The lowest BCUT2D eigenvalue weighted by Gasteiger charge is -2.37. The second-order valence-electron chi connectivity index (χ2n) is 2.48. The zero-order valence-corrected chi connectivity index (χ0v) is 10.9. The van der Waals surface area contributed by atoms with Crippen molar-refractivity contribution in [1.29, 1.82) is 0 Å². The number of nitrogens with zero attached hydrogens (tertiary/aromatic N) is 1. The quantitative estimate of drug-likeness (QED) is 0.249. The van der Waals surface area contributed by atoms with Gasteiger partial charge in [-0.2, -0.15) is 0 Å². The molecule has 3 unspecified atom stereocenters. The van der Waals surface area contributed by atoms with E-state index in [2.05, 4.69) is 8.58 Å². The summed E-state index contributed by atoms with van der Waals surface area (Å²) < 4.78 is 7.90. The fourth-order valence-corrected chi connectivity index (χ4v) is 1.72. The molecule has 3 atom stereocenters. The summed E-state index contributed by atoms with van der Waals surface area (Å²) in [5, 5.41) is 19.4.